The Bertz CT molecular complexity index is 1090. The van der Waals surface area contributed by atoms with Crippen LogP contribution in [-0.2, 0) is 0 Å². The molecule has 0 amide bonds. The fraction of sp³-hybridized carbons (Fsp3) is 0. The van der Waals surface area contributed by atoms with Crippen LogP contribution < -0.4 is 0 Å². The molecule has 3 aromatic carbocycles. The summed E-state index contributed by atoms with van der Waals surface area (Å²) in [5.41, 5.74) is 4.32. The van der Waals surface area contributed by atoms with E-state index in [1.54, 1.807) is 6.20 Å². The Kier molecular flexibility index (Phi) is 5.83. The van der Waals surface area contributed by atoms with Gasteiger partial charge in [-0.05, 0) is 58.0 Å². The highest BCUT2D eigenvalue weighted by Gasteiger charge is 2.07. The van der Waals surface area contributed by atoms with Gasteiger partial charge in [0.15, 0.2) is 5.76 Å². The zero-order valence-corrected chi connectivity index (χ0v) is 17.3. The molecule has 1 aromatic heterocycles. The molecule has 4 rings (SSSR count). The average molecular weight is 475 g/mol. The number of hydrogen-bond acceptors (Lipinski definition) is 2. The van der Waals surface area contributed by atoms with Crippen LogP contribution in [0.1, 0.15) is 11.1 Å². The standard InChI is InChI=1S/C25H18INO/c26-23-16-12-20(13-17-23)7-5-4-6-19-10-14-22(15-11-19)25-27-18-24(28-25)21-8-2-1-3-9-21/h1-18H. The van der Waals surface area contributed by atoms with Crippen LogP contribution in [0.5, 0.6) is 0 Å². The molecule has 2 nitrogen and oxygen atoms in total. The minimum atomic E-state index is 0.632. The van der Waals surface area contributed by atoms with Crippen LogP contribution in [0, 0.1) is 3.57 Å². The molecule has 0 fully saturated rings. The van der Waals surface area contributed by atoms with Crippen LogP contribution >= 0.6 is 22.6 Å². The molecule has 0 unspecified atom stereocenters. The molecule has 28 heavy (non-hydrogen) atoms. The Morgan fingerprint density at radius 3 is 1.93 bits per heavy atom. The second kappa shape index (κ2) is 8.85. The molecule has 0 saturated carbocycles. The van der Waals surface area contributed by atoms with Gasteiger partial charge in [-0.25, -0.2) is 4.98 Å². The van der Waals surface area contributed by atoms with Crippen molar-refractivity contribution in [3.63, 3.8) is 0 Å². The lowest BCUT2D eigenvalue weighted by Crippen LogP contribution is -1.77. The Morgan fingerprint density at radius 2 is 1.29 bits per heavy atom. The van der Waals surface area contributed by atoms with Crippen molar-refractivity contribution < 1.29 is 4.42 Å². The molecule has 0 aliphatic carbocycles. The highest BCUT2D eigenvalue weighted by atomic mass is 127. The third-order valence-corrected chi connectivity index (χ3v) is 5.00. The van der Waals surface area contributed by atoms with Crippen LogP contribution in [0.3, 0.4) is 0 Å². The minimum Gasteiger partial charge on any atom is -0.436 e. The maximum Gasteiger partial charge on any atom is 0.226 e. The first-order chi connectivity index (χ1) is 13.8. The molecular weight excluding hydrogens is 457 g/mol. The third-order valence-electron chi connectivity index (χ3n) is 4.28. The van der Waals surface area contributed by atoms with E-state index in [0.717, 1.165) is 22.5 Å². The zero-order valence-electron chi connectivity index (χ0n) is 15.1. The summed E-state index contributed by atoms with van der Waals surface area (Å²) < 4.78 is 7.15. The van der Waals surface area contributed by atoms with Crippen molar-refractivity contribution in [2.24, 2.45) is 0 Å². The summed E-state index contributed by atoms with van der Waals surface area (Å²) in [6.07, 6.45) is 10.0. The molecule has 0 atom stereocenters. The number of halogens is 1. The van der Waals surface area contributed by atoms with Gasteiger partial charge < -0.3 is 4.42 Å². The lowest BCUT2D eigenvalue weighted by molar-refractivity contribution is 0.589. The molecule has 136 valence electrons. The van der Waals surface area contributed by atoms with E-state index in [1.165, 1.54) is 9.13 Å². The maximum atomic E-state index is 5.91. The van der Waals surface area contributed by atoms with Gasteiger partial charge in [-0.1, -0.05) is 78.9 Å². The van der Waals surface area contributed by atoms with Crippen LogP contribution in [0.4, 0.5) is 0 Å². The molecule has 4 aromatic rings. The largest absolute Gasteiger partial charge is 0.436 e. The average Bonchev–Trinajstić information content (AvgIpc) is 3.24. The topological polar surface area (TPSA) is 26.0 Å². The first-order valence-corrected chi connectivity index (χ1v) is 10.1. The van der Waals surface area contributed by atoms with Crippen LogP contribution in [-0.4, -0.2) is 4.98 Å². The number of rotatable bonds is 5. The molecular formula is C25H18INO. The maximum absolute atomic E-state index is 5.91. The zero-order chi connectivity index (χ0) is 19.2. The number of oxazole rings is 1. The van der Waals surface area contributed by atoms with E-state index in [1.807, 2.05) is 48.5 Å². The van der Waals surface area contributed by atoms with E-state index in [4.69, 9.17) is 4.42 Å². The van der Waals surface area contributed by atoms with Gasteiger partial charge in [0.2, 0.25) is 5.89 Å². The number of allylic oxidation sites excluding steroid dienone is 2. The molecule has 0 aliphatic heterocycles. The number of nitrogens with zero attached hydrogens (tertiary/aromatic N) is 1. The SMILES string of the molecule is Ic1ccc(C=CC=Cc2ccc(-c3ncc(-c4ccccc4)o3)cc2)cc1. The summed E-state index contributed by atoms with van der Waals surface area (Å²) in [5.74, 6) is 1.41. The lowest BCUT2D eigenvalue weighted by Gasteiger charge is -1.98. The van der Waals surface area contributed by atoms with E-state index in [2.05, 4.69) is 82.2 Å². The van der Waals surface area contributed by atoms with E-state index in [0.29, 0.717) is 5.89 Å². The summed E-state index contributed by atoms with van der Waals surface area (Å²) in [4.78, 5) is 4.41. The first-order valence-electron chi connectivity index (χ1n) is 9.00. The summed E-state index contributed by atoms with van der Waals surface area (Å²) in [7, 11) is 0. The summed E-state index contributed by atoms with van der Waals surface area (Å²) in [6, 6.07) is 26.6. The van der Waals surface area contributed by atoms with E-state index >= 15 is 0 Å². The lowest BCUT2D eigenvalue weighted by atomic mass is 10.1. The molecule has 0 saturated heterocycles. The van der Waals surface area contributed by atoms with Gasteiger partial charge in [0.1, 0.15) is 0 Å². The van der Waals surface area contributed by atoms with E-state index in [-0.39, 0.29) is 0 Å². The molecule has 1 heterocycles. The molecule has 0 spiro atoms. The van der Waals surface area contributed by atoms with Gasteiger partial charge in [0, 0.05) is 14.7 Å². The highest BCUT2D eigenvalue weighted by molar-refractivity contribution is 14.1. The van der Waals surface area contributed by atoms with Crippen LogP contribution in [0.25, 0.3) is 34.9 Å². The van der Waals surface area contributed by atoms with Gasteiger partial charge in [-0.15, -0.1) is 0 Å². The van der Waals surface area contributed by atoms with Gasteiger partial charge in [-0.2, -0.15) is 0 Å². The van der Waals surface area contributed by atoms with Crippen molar-refractivity contribution in [3.05, 3.63) is 112 Å². The van der Waals surface area contributed by atoms with Gasteiger partial charge in [0.05, 0.1) is 6.20 Å². The van der Waals surface area contributed by atoms with E-state index in [9.17, 15) is 0 Å². The Hall–Kier alpha value is -2.92. The van der Waals surface area contributed by atoms with Crippen LogP contribution in [0.15, 0.2) is 102 Å². The number of benzene rings is 3. The highest BCUT2D eigenvalue weighted by Crippen LogP contribution is 2.26. The van der Waals surface area contributed by atoms with Gasteiger partial charge in [0.25, 0.3) is 0 Å². The van der Waals surface area contributed by atoms with Crippen molar-refractivity contribution in [1.29, 1.82) is 0 Å². The second-order valence-electron chi connectivity index (χ2n) is 6.29. The molecule has 0 radical (unpaired) electrons. The summed E-state index contributed by atoms with van der Waals surface area (Å²) in [6.45, 7) is 0. The predicted octanol–water partition coefficient (Wildman–Crippen LogP) is 7.34. The first kappa shape index (κ1) is 18.4. The summed E-state index contributed by atoms with van der Waals surface area (Å²) in [5, 5.41) is 0. The fourth-order valence-electron chi connectivity index (χ4n) is 2.79. The Balaban J connectivity index is 1.42. The van der Waals surface area contributed by atoms with Gasteiger partial charge >= 0.3 is 0 Å². The molecule has 0 aliphatic rings. The number of aromatic nitrogens is 1. The normalized spacial score (nSPS) is 11.5. The molecule has 0 bridgehead atoms. The Morgan fingerprint density at radius 1 is 0.679 bits per heavy atom. The quantitative estimate of drug-likeness (QED) is 0.223. The van der Waals surface area contributed by atoms with E-state index < -0.39 is 0 Å². The van der Waals surface area contributed by atoms with Crippen molar-refractivity contribution in [2.45, 2.75) is 0 Å². The molecule has 3 heteroatoms. The van der Waals surface area contributed by atoms with Crippen molar-refractivity contribution in [3.8, 4) is 22.8 Å². The van der Waals surface area contributed by atoms with Crippen LogP contribution in [0.2, 0.25) is 0 Å². The predicted molar refractivity (Wildman–Crippen MR) is 125 cm³/mol. The fourth-order valence-corrected chi connectivity index (χ4v) is 3.15. The van der Waals surface area contributed by atoms with Crippen molar-refractivity contribution >= 4 is 34.7 Å². The minimum absolute atomic E-state index is 0.632. The second-order valence-corrected chi connectivity index (χ2v) is 7.53. The number of hydrogen-bond donors (Lipinski definition) is 0. The van der Waals surface area contributed by atoms with Crippen molar-refractivity contribution in [2.75, 3.05) is 0 Å². The Labute approximate surface area is 178 Å². The van der Waals surface area contributed by atoms with Gasteiger partial charge in [-0.3, -0.25) is 0 Å². The third kappa shape index (κ3) is 4.67. The summed E-state index contributed by atoms with van der Waals surface area (Å²) >= 11 is 2.31. The smallest absolute Gasteiger partial charge is 0.226 e. The molecule has 0 N–H and O–H groups in total. The van der Waals surface area contributed by atoms with Crippen molar-refractivity contribution in [1.82, 2.24) is 4.98 Å². The monoisotopic (exact) mass is 475 g/mol.